The first-order valence-electron chi connectivity index (χ1n) is 9.28. The summed E-state index contributed by atoms with van der Waals surface area (Å²) < 4.78 is 10.3. The molecule has 0 radical (unpaired) electrons. The summed E-state index contributed by atoms with van der Waals surface area (Å²) in [5.41, 5.74) is 1.34. The molecule has 8 nitrogen and oxygen atoms in total. The van der Waals surface area contributed by atoms with E-state index in [0.29, 0.717) is 25.1 Å². The molecular formula is C21H19N3O5. The summed E-state index contributed by atoms with van der Waals surface area (Å²) in [4.78, 5) is 42.9. The SMILES string of the molecule is O=C(COC(=O)[C@@H]1CCCN1C(=O)c1ccco1)Nc1cccc2ncccc12. The Morgan fingerprint density at radius 2 is 2.07 bits per heavy atom. The average Bonchev–Trinajstić information content (AvgIpc) is 3.44. The van der Waals surface area contributed by atoms with Crippen LogP contribution in [-0.4, -0.2) is 46.9 Å². The van der Waals surface area contributed by atoms with E-state index in [-0.39, 0.29) is 11.7 Å². The number of pyridine rings is 1. The molecule has 148 valence electrons. The van der Waals surface area contributed by atoms with E-state index in [0.717, 1.165) is 10.9 Å². The Morgan fingerprint density at radius 3 is 2.90 bits per heavy atom. The number of carbonyl (C=O) groups is 3. The van der Waals surface area contributed by atoms with Crippen LogP contribution in [0.2, 0.25) is 0 Å². The Hall–Kier alpha value is -3.68. The first kappa shape index (κ1) is 18.7. The predicted molar refractivity (Wildman–Crippen MR) is 104 cm³/mol. The molecule has 1 aliphatic rings. The van der Waals surface area contributed by atoms with Crippen molar-refractivity contribution in [2.45, 2.75) is 18.9 Å². The fraction of sp³-hybridized carbons (Fsp3) is 0.238. The summed E-state index contributed by atoms with van der Waals surface area (Å²) >= 11 is 0. The molecule has 1 aliphatic heterocycles. The largest absolute Gasteiger partial charge is 0.459 e. The number of hydrogen-bond donors (Lipinski definition) is 1. The molecule has 0 spiro atoms. The van der Waals surface area contributed by atoms with Gasteiger partial charge in [0.1, 0.15) is 6.04 Å². The number of ether oxygens (including phenoxy) is 1. The average molecular weight is 393 g/mol. The molecule has 3 aromatic rings. The highest BCUT2D eigenvalue weighted by Gasteiger charge is 2.36. The number of nitrogens with one attached hydrogen (secondary N) is 1. The molecule has 2 aromatic heterocycles. The zero-order valence-electron chi connectivity index (χ0n) is 15.5. The summed E-state index contributed by atoms with van der Waals surface area (Å²) in [6.07, 6.45) is 4.25. The van der Waals surface area contributed by atoms with Crippen LogP contribution in [0.15, 0.2) is 59.3 Å². The van der Waals surface area contributed by atoms with Crippen molar-refractivity contribution in [3.05, 3.63) is 60.7 Å². The lowest BCUT2D eigenvalue weighted by molar-refractivity contribution is -0.151. The fourth-order valence-electron chi connectivity index (χ4n) is 3.43. The second-order valence-corrected chi connectivity index (χ2v) is 6.67. The Morgan fingerprint density at radius 1 is 1.17 bits per heavy atom. The number of fused-ring (bicyclic) bond motifs is 1. The van der Waals surface area contributed by atoms with Crippen LogP contribution in [0.4, 0.5) is 5.69 Å². The van der Waals surface area contributed by atoms with Crippen LogP contribution in [0.1, 0.15) is 23.4 Å². The zero-order valence-corrected chi connectivity index (χ0v) is 15.5. The lowest BCUT2D eigenvalue weighted by Crippen LogP contribution is -2.42. The highest BCUT2D eigenvalue weighted by molar-refractivity contribution is 6.02. The van der Waals surface area contributed by atoms with Gasteiger partial charge in [0.2, 0.25) is 0 Å². The van der Waals surface area contributed by atoms with E-state index >= 15 is 0 Å². The monoisotopic (exact) mass is 393 g/mol. The third-order valence-electron chi connectivity index (χ3n) is 4.78. The summed E-state index contributed by atoms with van der Waals surface area (Å²) in [7, 11) is 0. The van der Waals surface area contributed by atoms with Crippen molar-refractivity contribution in [3.63, 3.8) is 0 Å². The molecule has 0 saturated carbocycles. The van der Waals surface area contributed by atoms with Crippen LogP contribution in [0.5, 0.6) is 0 Å². The molecule has 3 heterocycles. The van der Waals surface area contributed by atoms with E-state index in [4.69, 9.17) is 9.15 Å². The van der Waals surface area contributed by atoms with Crippen molar-refractivity contribution >= 4 is 34.4 Å². The van der Waals surface area contributed by atoms with E-state index < -0.39 is 24.5 Å². The standard InChI is InChI=1S/C21H19N3O5/c25-19(23-16-7-1-6-15-14(16)5-2-10-22-15)13-29-21(27)17-8-3-11-24(17)20(26)18-9-4-12-28-18/h1-2,4-7,9-10,12,17H,3,8,11,13H2,(H,23,25)/t17-/m0/s1. The highest BCUT2D eigenvalue weighted by Crippen LogP contribution is 2.23. The van der Waals surface area contributed by atoms with Gasteiger partial charge in [0.25, 0.3) is 11.8 Å². The third-order valence-corrected chi connectivity index (χ3v) is 4.78. The molecule has 0 aliphatic carbocycles. The van der Waals surface area contributed by atoms with Gasteiger partial charge in [-0.1, -0.05) is 6.07 Å². The minimum Gasteiger partial charge on any atom is -0.459 e. The molecular weight excluding hydrogens is 374 g/mol. The van der Waals surface area contributed by atoms with Gasteiger partial charge >= 0.3 is 5.97 Å². The van der Waals surface area contributed by atoms with Crippen LogP contribution in [-0.2, 0) is 14.3 Å². The molecule has 4 rings (SSSR count). The van der Waals surface area contributed by atoms with Gasteiger partial charge in [-0.2, -0.15) is 0 Å². The molecule has 29 heavy (non-hydrogen) atoms. The first-order valence-corrected chi connectivity index (χ1v) is 9.28. The van der Waals surface area contributed by atoms with E-state index in [1.165, 1.54) is 11.2 Å². The van der Waals surface area contributed by atoms with E-state index in [1.807, 2.05) is 12.1 Å². The minimum absolute atomic E-state index is 0.173. The fourth-order valence-corrected chi connectivity index (χ4v) is 3.43. The zero-order chi connectivity index (χ0) is 20.2. The molecule has 0 unspecified atom stereocenters. The number of nitrogens with zero attached hydrogens (tertiary/aromatic N) is 2. The topological polar surface area (TPSA) is 102 Å². The quantitative estimate of drug-likeness (QED) is 0.669. The summed E-state index contributed by atoms with van der Waals surface area (Å²) in [6, 6.07) is 11.5. The van der Waals surface area contributed by atoms with Crippen LogP contribution < -0.4 is 5.32 Å². The summed E-state index contributed by atoms with van der Waals surface area (Å²) in [6.45, 7) is 0.00324. The van der Waals surface area contributed by atoms with E-state index in [2.05, 4.69) is 10.3 Å². The van der Waals surface area contributed by atoms with Gasteiger partial charge in [-0.25, -0.2) is 4.79 Å². The van der Waals surface area contributed by atoms with Gasteiger partial charge < -0.3 is 19.4 Å². The Kier molecular flexibility index (Phi) is 5.24. The molecule has 1 N–H and O–H groups in total. The number of benzene rings is 1. The van der Waals surface area contributed by atoms with Crippen LogP contribution in [0, 0.1) is 0 Å². The van der Waals surface area contributed by atoms with Gasteiger partial charge in [-0.15, -0.1) is 0 Å². The van der Waals surface area contributed by atoms with Crippen LogP contribution in [0.3, 0.4) is 0 Å². The van der Waals surface area contributed by atoms with Crippen LogP contribution in [0.25, 0.3) is 10.9 Å². The molecule has 2 amide bonds. The second-order valence-electron chi connectivity index (χ2n) is 6.67. The van der Waals surface area contributed by atoms with Gasteiger partial charge in [0, 0.05) is 18.1 Å². The van der Waals surface area contributed by atoms with E-state index in [9.17, 15) is 14.4 Å². The van der Waals surface area contributed by atoms with Crippen LogP contribution >= 0.6 is 0 Å². The molecule has 1 saturated heterocycles. The predicted octanol–water partition coefficient (Wildman–Crippen LogP) is 2.61. The number of likely N-dealkylation sites (tertiary alicyclic amines) is 1. The van der Waals surface area contributed by atoms with Crippen molar-refractivity contribution < 1.29 is 23.5 Å². The van der Waals surface area contributed by atoms with Crippen molar-refractivity contribution in [3.8, 4) is 0 Å². The van der Waals surface area contributed by atoms with Gasteiger partial charge in [0.15, 0.2) is 12.4 Å². The number of esters is 1. The number of carbonyl (C=O) groups excluding carboxylic acids is 3. The maximum Gasteiger partial charge on any atom is 0.329 e. The molecule has 8 heteroatoms. The van der Waals surface area contributed by atoms with Crippen molar-refractivity contribution in [2.24, 2.45) is 0 Å². The lowest BCUT2D eigenvalue weighted by Gasteiger charge is -2.22. The molecule has 1 aromatic carbocycles. The number of aromatic nitrogens is 1. The number of anilines is 1. The highest BCUT2D eigenvalue weighted by atomic mass is 16.5. The number of amides is 2. The Balaban J connectivity index is 1.36. The summed E-state index contributed by atoms with van der Waals surface area (Å²) in [5.74, 6) is -1.25. The number of rotatable bonds is 5. The molecule has 1 fully saturated rings. The Bertz CT molecular complexity index is 1040. The van der Waals surface area contributed by atoms with Crippen molar-refractivity contribution in [1.82, 2.24) is 9.88 Å². The first-order chi connectivity index (χ1) is 14.1. The maximum atomic E-state index is 12.5. The van der Waals surface area contributed by atoms with E-state index in [1.54, 1.807) is 36.5 Å². The second kappa shape index (κ2) is 8.14. The normalized spacial score (nSPS) is 16.0. The minimum atomic E-state index is -0.720. The Labute approximate surface area is 166 Å². The molecule has 0 bridgehead atoms. The van der Waals surface area contributed by atoms with Crippen molar-refractivity contribution in [2.75, 3.05) is 18.5 Å². The lowest BCUT2D eigenvalue weighted by atomic mass is 10.2. The van der Waals surface area contributed by atoms with Crippen molar-refractivity contribution in [1.29, 1.82) is 0 Å². The smallest absolute Gasteiger partial charge is 0.329 e. The summed E-state index contributed by atoms with van der Waals surface area (Å²) in [5, 5.41) is 3.53. The van der Waals surface area contributed by atoms with Gasteiger partial charge in [-0.05, 0) is 49.2 Å². The number of furan rings is 1. The van der Waals surface area contributed by atoms with Gasteiger partial charge in [-0.3, -0.25) is 14.6 Å². The van der Waals surface area contributed by atoms with Gasteiger partial charge in [0.05, 0.1) is 17.5 Å². The molecule has 1 atom stereocenters. The third kappa shape index (κ3) is 3.96. The number of hydrogen-bond acceptors (Lipinski definition) is 6. The maximum absolute atomic E-state index is 12.5.